The number of sulfone groups is 1. The molecule has 0 fully saturated rings. The Hall–Kier alpha value is -3.30. The standard InChI is InChI=1S/C25H23N3O4S2/c29-21-6-3-5-18-19(21)9-10-22(20(18)16-34(30,31)25-8-1-2-11-27-25)32-23(24-7-4-14-33-24)15-28-13-12-26-17-28/h1-2,4,7-14,17,23H,3,5-6,15-16H2. The summed E-state index contributed by atoms with van der Waals surface area (Å²) in [5.41, 5.74) is 1.90. The number of ketones is 1. The lowest BCUT2D eigenvalue weighted by Crippen LogP contribution is -2.19. The minimum absolute atomic E-state index is 0.00825. The Bertz CT molecular complexity index is 1380. The van der Waals surface area contributed by atoms with Gasteiger partial charge in [-0.1, -0.05) is 12.1 Å². The van der Waals surface area contributed by atoms with Gasteiger partial charge in [0, 0.05) is 41.0 Å². The highest BCUT2D eigenvalue weighted by molar-refractivity contribution is 7.90. The van der Waals surface area contributed by atoms with E-state index < -0.39 is 9.84 Å². The van der Waals surface area contributed by atoms with Crippen LogP contribution >= 0.6 is 11.3 Å². The Kier molecular flexibility index (Phi) is 6.30. The minimum atomic E-state index is -3.74. The van der Waals surface area contributed by atoms with Crippen molar-refractivity contribution in [2.75, 3.05) is 0 Å². The third kappa shape index (κ3) is 4.67. The van der Waals surface area contributed by atoms with E-state index in [1.807, 2.05) is 28.3 Å². The number of carbonyl (C=O) groups excluding carboxylic acids is 1. The van der Waals surface area contributed by atoms with Gasteiger partial charge in [0.1, 0.15) is 5.75 Å². The van der Waals surface area contributed by atoms with E-state index in [2.05, 4.69) is 9.97 Å². The molecule has 4 aromatic rings. The molecule has 3 heterocycles. The number of rotatable bonds is 8. The van der Waals surface area contributed by atoms with Gasteiger partial charge >= 0.3 is 0 Å². The lowest BCUT2D eigenvalue weighted by molar-refractivity contribution is 0.0972. The van der Waals surface area contributed by atoms with Crippen LogP contribution in [0, 0.1) is 0 Å². The van der Waals surface area contributed by atoms with Crippen LogP contribution in [0.15, 0.2) is 77.8 Å². The first kappa shape index (κ1) is 22.5. The molecule has 0 saturated heterocycles. The van der Waals surface area contributed by atoms with Crippen molar-refractivity contribution in [3.63, 3.8) is 0 Å². The molecule has 7 nitrogen and oxygen atoms in total. The van der Waals surface area contributed by atoms with Gasteiger partial charge in [0.25, 0.3) is 0 Å². The van der Waals surface area contributed by atoms with Crippen molar-refractivity contribution >= 4 is 27.0 Å². The second kappa shape index (κ2) is 9.52. The van der Waals surface area contributed by atoms with Gasteiger partial charge < -0.3 is 9.30 Å². The number of pyridine rings is 1. The fourth-order valence-electron chi connectivity index (χ4n) is 4.24. The molecular weight excluding hydrogens is 470 g/mol. The second-order valence-corrected chi connectivity index (χ2v) is 11.1. The Labute approximate surface area is 202 Å². The molecular formula is C25H23N3O4S2. The van der Waals surface area contributed by atoms with Crippen LogP contribution in [0.3, 0.4) is 0 Å². The smallest absolute Gasteiger partial charge is 0.199 e. The molecule has 0 saturated carbocycles. The fraction of sp³-hybridized carbons (Fsp3) is 0.240. The van der Waals surface area contributed by atoms with E-state index in [0.29, 0.717) is 42.7 Å². The summed E-state index contributed by atoms with van der Waals surface area (Å²) in [5, 5.41) is 1.99. The maximum atomic E-state index is 13.3. The number of nitrogens with zero attached hydrogens (tertiary/aromatic N) is 3. The zero-order valence-corrected chi connectivity index (χ0v) is 20.0. The highest BCUT2D eigenvalue weighted by Gasteiger charge is 2.28. The molecule has 1 atom stereocenters. The fourth-order valence-corrected chi connectivity index (χ4v) is 6.34. The van der Waals surface area contributed by atoms with Gasteiger partial charge in [0.15, 0.2) is 26.8 Å². The number of thiophene rings is 1. The van der Waals surface area contributed by atoms with Crippen LogP contribution in [0.5, 0.6) is 5.75 Å². The molecule has 174 valence electrons. The van der Waals surface area contributed by atoms with Crippen LogP contribution in [0.25, 0.3) is 0 Å². The van der Waals surface area contributed by atoms with Crippen molar-refractivity contribution in [3.05, 3.63) is 94.3 Å². The molecule has 3 aromatic heterocycles. The van der Waals surface area contributed by atoms with E-state index in [1.54, 1.807) is 48.1 Å². The Morgan fingerprint density at radius 2 is 2.00 bits per heavy atom. The van der Waals surface area contributed by atoms with Crippen molar-refractivity contribution in [1.82, 2.24) is 14.5 Å². The maximum Gasteiger partial charge on any atom is 0.199 e. The molecule has 0 spiro atoms. The summed E-state index contributed by atoms with van der Waals surface area (Å²) in [6, 6.07) is 12.3. The summed E-state index contributed by atoms with van der Waals surface area (Å²) >= 11 is 1.58. The van der Waals surface area contributed by atoms with E-state index in [9.17, 15) is 13.2 Å². The normalized spacial score (nSPS) is 14.5. The Morgan fingerprint density at radius 3 is 2.74 bits per heavy atom. The van der Waals surface area contributed by atoms with Crippen LogP contribution < -0.4 is 4.74 Å². The summed E-state index contributed by atoms with van der Waals surface area (Å²) in [5.74, 6) is 0.238. The van der Waals surface area contributed by atoms with E-state index in [-0.39, 0.29) is 22.7 Å². The van der Waals surface area contributed by atoms with Crippen molar-refractivity contribution in [1.29, 1.82) is 0 Å². The van der Waals surface area contributed by atoms with Crippen LogP contribution in [-0.2, 0) is 28.6 Å². The maximum absolute atomic E-state index is 13.3. The molecule has 0 aliphatic heterocycles. The average Bonchev–Trinajstić information content (AvgIpc) is 3.55. The predicted molar refractivity (Wildman–Crippen MR) is 129 cm³/mol. The minimum Gasteiger partial charge on any atom is -0.483 e. The number of aromatic nitrogens is 3. The van der Waals surface area contributed by atoms with Gasteiger partial charge in [-0.05, 0) is 54.1 Å². The highest BCUT2D eigenvalue weighted by Crippen LogP contribution is 2.36. The molecule has 0 radical (unpaired) electrons. The SMILES string of the molecule is O=C1CCCc2c1ccc(OC(Cn1ccnc1)c1cccs1)c2CS(=O)(=O)c1ccccn1. The molecule has 0 bridgehead atoms. The number of carbonyl (C=O) groups is 1. The lowest BCUT2D eigenvalue weighted by atomic mass is 9.87. The number of Topliss-reactive ketones (excluding diaryl/α,β-unsaturated/α-hetero) is 1. The van der Waals surface area contributed by atoms with E-state index in [0.717, 1.165) is 10.4 Å². The van der Waals surface area contributed by atoms with Crippen molar-refractivity contribution < 1.29 is 17.9 Å². The summed E-state index contributed by atoms with van der Waals surface area (Å²) < 4.78 is 35.0. The molecule has 1 unspecified atom stereocenters. The number of imidazole rings is 1. The largest absolute Gasteiger partial charge is 0.483 e. The van der Waals surface area contributed by atoms with Gasteiger partial charge in [-0.15, -0.1) is 11.3 Å². The van der Waals surface area contributed by atoms with Crippen LogP contribution in [0.4, 0.5) is 0 Å². The Balaban J connectivity index is 1.57. The van der Waals surface area contributed by atoms with Crippen molar-refractivity contribution in [2.45, 2.75) is 42.7 Å². The number of fused-ring (bicyclic) bond motifs is 1. The number of ether oxygens (including phenoxy) is 1. The first-order valence-corrected chi connectivity index (χ1v) is 13.5. The first-order chi connectivity index (χ1) is 16.5. The number of benzene rings is 1. The molecule has 34 heavy (non-hydrogen) atoms. The molecule has 5 rings (SSSR count). The monoisotopic (exact) mass is 493 g/mol. The zero-order valence-electron chi connectivity index (χ0n) is 18.3. The first-order valence-electron chi connectivity index (χ1n) is 11.0. The summed E-state index contributed by atoms with van der Waals surface area (Å²) in [7, 11) is -3.74. The molecule has 9 heteroatoms. The lowest BCUT2D eigenvalue weighted by Gasteiger charge is -2.25. The van der Waals surface area contributed by atoms with Gasteiger partial charge in [0.2, 0.25) is 0 Å². The second-order valence-electron chi connectivity index (χ2n) is 8.15. The third-order valence-corrected chi connectivity index (χ3v) is 8.39. The van der Waals surface area contributed by atoms with Gasteiger partial charge in [-0.3, -0.25) is 4.79 Å². The topological polar surface area (TPSA) is 91.2 Å². The van der Waals surface area contributed by atoms with Gasteiger partial charge in [-0.2, -0.15) is 0 Å². The Morgan fingerprint density at radius 1 is 1.09 bits per heavy atom. The van der Waals surface area contributed by atoms with E-state index in [4.69, 9.17) is 4.74 Å². The van der Waals surface area contributed by atoms with E-state index in [1.165, 1.54) is 12.3 Å². The van der Waals surface area contributed by atoms with Crippen LogP contribution in [0.2, 0.25) is 0 Å². The predicted octanol–water partition coefficient (Wildman–Crippen LogP) is 4.65. The quantitative estimate of drug-likeness (QED) is 0.355. The van der Waals surface area contributed by atoms with Crippen molar-refractivity contribution in [2.24, 2.45) is 0 Å². The number of hydrogen-bond acceptors (Lipinski definition) is 7. The molecule has 0 N–H and O–H groups in total. The van der Waals surface area contributed by atoms with Crippen LogP contribution in [0.1, 0.15) is 45.3 Å². The van der Waals surface area contributed by atoms with Gasteiger partial charge in [-0.25, -0.2) is 18.4 Å². The highest BCUT2D eigenvalue weighted by atomic mass is 32.2. The average molecular weight is 494 g/mol. The molecule has 1 aliphatic rings. The van der Waals surface area contributed by atoms with Gasteiger partial charge in [0.05, 0.1) is 18.6 Å². The molecule has 1 aromatic carbocycles. The summed E-state index contributed by atoms with van der Waals surface area (Å²) in [4.78, 5) is 21.8. The molecule has 1 aliphatic carbocycles. The van der Waals surface area contributed by atoms with Crippen molar-refractivity contribution in [3.8, 4) is 5.75 Å². The summed E-state index contributed by atoms with van der Waals surface area (Å²) in [6.45, 7) is 0.517. The summed E-state index contributed by atoms with van der Waals surface area (Å²) in [6.07, 6.45) is 8.21. The van der Waals surface area contributed by atoms with Crippen LogP contribution in [-0.4, -0.2) is 28.7 Å². The third-order valence-electron chi connectivity index (χ3n) is 5.88. The molecule has 0 amide bonds. The zero-order chi connectivity index (χ0) is 23.5. The number of hydrogen-bond donors (Lipinski definition) is 0. The van der Waals surface area contributed by atoms with E-state index >= 15 is 0 Å².